The van der Waals surface area contributed by atoms with Crippen molar-refractivity contribution in [2.75, 3.05) is 7.11 Å². The first-order chi connectivity index (χ1) is 10.3. The van der Waals surface area contributed by atoms with Crippen LogP contribution in [0.3, 0.4) is 0 Å². The third-order valence-corrected chi connectivity index (χ3v) is 3.84. The molecule has 0 heterocycles. The van der Waals surface area contributed by atoms with Crippen LogP contribution in [0.15, 0.2) is 66.8 Å². The highest BCUT2D eigenvalue weighted by Crippen LogP contribution is 2.31. The van der Waals surface area contributed by atoms with E-state index in [0.717, 1.165) is 17.7 Å². The minimum atomic E-state index is 0.301. The Morgan fingerprint density at radius 1 is 1.00 bits per heavy atom. The minimum absolute atomic E-state index is 0.301. The Hall–Kier alpha value is -2.48. The van der Waals surface area contributed by atoms with Gasteiger partial charge in [-0.25, -0.2) is 0 Å². The number of rotatable bonds is 3. The molecule has 0 aromatic heterocycles. The Bertz CT molecular complexity index is 664. The molecule has 0 bridgehead atoms. The molecule has 0 aliphatic heterocycles. The van der Waals surface area contributed by atoms with E-state index in [9.17, 15) is 5.11 Å². The van der Waals surface area contributed by atoms with E-state index in [2.05, 4.69) is 30.4 Å². The van der Waals surface area contributed by atoms with Crippen molar-refractivity contribution in [3.05, 3.63) is 77.9 Å². The highest BCUT2D eigenvalue weighted by Gasteiger charge is 2.12. The predicted molar refractivity (Wildman–Crippen MR) is 85.6 cm³/mol. The van der Waals surface area contributed by atoms with E-state index in [4.69, 9.17) is 4.74 Å². The fourth-order valence-corrected chi connectivity index (χ4v) is 2.59. The van der Waals surface area contributed by atoms with E-state index in [1.54, 1.807) is 19.2 Å². The smallest absolute Gasteiger partial charge is 0.118 e. The van der Waals surface area contributed by atoms with Crippen LogP contribution in [0.1, 0.15) is 23.5 Å². The molecule has 1 N–H and O–H groups in total. The fraction of sp³-hybridized carbons (Fsp3) is 0.158. The van der Waals surface area contributed by atoms with Crippen LogP contribution in [0.5, 0.6) is 11.5 Å². The Morgan fingerprint density at radius 3 is 2.29 bits per heavy atom. The van der Waals surface area contributed by atoms with Gasteiger partial charge in [-0.05, 0) is 47.4 Å². The molecule has 1 aliphatic rings. The minimum Gasteiger partial charge on any atom is -0.508 e. The number of benzene rings is 2. The van der Waals surface area contributed by atoms with Crippen molar-refractivity contribution in [1.82, 2.24) is 0 Å². The molecule has 2 heteroatoms. The number of hydrogen-bond donors (Lipinski definition) is 1. The topological polar surface area (TPSA) is 29.5 Å². The molecular weight excluding hydrogens is 260 g/mol. The summed E-state index contributed by atoms with van der Waals surface area (Å²) in [6, 6.07) is 15.6. The molecule has 2 aromatic carbocycles. The van der Waals surface area contributed by atoms with E-state index in [-0.39, 0.29) is 0 Å². The van der Waals surface area contributed by atoms with Gasteiger partial charge in [-0.1, -0.05) is 42.5 Å². The van der Waals surface area contributed by atoms with Crippen molar-refractivity contribution in [2.45, 2.75) is 12.3 Å². The fourth-order valence-electron chi connectivity index (χ4n) is 2.59. The predicted octanol–water partition coefficient (Wildman–Crippen LogP) is 4.53. The lowest BCUT2D eigenvalue weighted by atomic mass is 9.88. The van der Waals surface area contributed by atoms with Gasteiger partial charge in [0.1, 0.15) is 11.5 Å². The number of phenolic OH excluding ortho intramolecular Hbond substituents is 1. The second-order valence-corrected chi connectivity index (χ2v) is 5.18. The number of phenols is 1. The third-order valence-electron chi connectivity index (χ3n) is 3.84. The van der Waals surface area contributed by atoms with Gasteiger partial charge in [-0.2, -0.15) is 0 Å². The number of ether oxygens (including phenoxy) is 1. The van der Waals surface area contributed by atoms with Crippen LogP contribution in [-0.4, -0.2) is 12.2 Å². The van der Waals surface area contributed by atoms with Crippen molar-refractivity contribution >= 4 is 5.57 Å². The van der Waals surface area contributed by atoms with Gasteiger partial charge < -0.3 is 9.84 Å². The standard InChI is InChI=1S/C19H18O2/c1-21-19-12-8-17(9-13-19)15-4-2-14(3-5-15)16-6-10-18(20)11-7-16/h2-4,6-13,15,20H,5H2,1H3. The van der Waals surface area contributed by atoms with E-state index in [0.29, 0.717) is 11.7 Å². The van der Waals surface area contributed by atoms with Crippen LogP contribution >= 0.6 is 0 Å². The summed E-state index contributed by atoms with van der Waals surface area (Å²) in [4.78, 5) is 0. The van der Waals surface area contributed by atoms with Gasteiger partial charge in [0.05, 0.1) is 7.11 Å². The average molecular weight is 278 g/mol. The van der Waals surface area contributed by atoms with Gasteiger partial charge in [-0.15, -0.1) is 0 Å². The number of methoxy groups -OCH3 is 1. The van der Waals surface area contributed by atoms with Crippen molar-refractivity contribution in [2.24, 2.45) is 0 Å². The molecule has 2 nitrogen and oxygen atoms in total. The summed E-state index contributed by atoms with van der Waals surface area (Å²) in [6.07, 6.45) is 7.63. The summed E-state index contributed by atoms with van der Waals surface area (Å²) >= 11 is 0. The SMILES string of the molecule is COc1ccc(C2C=CC(c3ccc(O)cc3)=CC2)cc1. The summed E-state index contributed by atoms with van der Waals surface area (Å²) in [5.41, 5.74) is 3.64. The monoisotopic (exact) mass is 278 g/mol. The second kappa shape index (κ2) is 5.88. The van der Waals surface area contributed by atoms with E-state index in [1.165, 1.54) is 11.1 Å². The zero-order valence-corrected chi connectivity index (χ0v) is 12.0. The molecule has 106 valence electrons. The van der Waals surface area contributed by atoms with E-state index in [1.807, 2.05) is 24.3 Å². The van der Waals surface area contributed by atoms with Gasteiger partial charge >= 0.3 is 0 Å². The first-order valence-electron chi connectivity index (χ1n) is 7.08. The van der Waals surface area contributed by atoms with Gasteiger partial charge in [-0.3, -0.25) is 0 Å². The van der Waals surface area contributed by atoms with Crippen LogP contribution in [0.25, 0.3) is 5.57 Å². The van der Waals surface area contributed by atoms with Crippen LogP contribution in [0, 0.1) is 0 Å². The molecule has 0 saturated carbocycles. The van der Waals surface area contributed by atoms with Gasteiger partial charge in [0.15, 0.2) is 0 Å². The lowest BCUT2D eigenvalue weighted by Gasteiger charge is -2.17. The summed E-state index contributed by atoms with van der Waals surface area (Å²) in [5.74, 6) is 1.60. The average Bonchev–Trinajstić information content (AvgIpc) is 2.56. The van der Waals surface area contributed by atoms with E-state index < -0.39 is 0 Å². The molecule has 1 atom stereocenters. The van der Waals surface area contributed by atoms with Crippen molar-refractivity contribution < 1.29 is 9.84 Å². The summed E-state index contributed by atoms with van der Waals surface area (Å²) in [6.45, 7) is 0. The number of allylic oxidation sites excluding steroid dienone is 4. The number of aromatic hydroxyl groups is 1. The van der Waals surface area contributed by atoms with Gasteiger partial charge in [0, 0.05) is 5.92 Å². The summed E-state index contributed by atoms with van der Waals surface area (Å²) in [5, 5.41) is 9.34. The molecular formula is C19H18O2. The van der Waals surface area contributed by atoms with Crippen molar-refractivity contribution in [3.63, 3.8) is 0 Å². The Morgan fingerprint density at radius 2 is 1.71 bits per heavy atom. The molecule has 0 saturated heterocycles. The zero-order chi connectivity index (χ0) is 14.7. The first-order valence-corrected chi connectivity index (χ1v) is 7.08. The second-order valence-electron chi connectivity index (χ2n) is 5.18. The van der Waals surface area contributed by atoms with Gasteiger partial charge in [0.25, 0.3) is 0 Å². The number of hydrogen-bond acceptors (Lipinski definition) is 2. The zero-order valence-electron chi connectivity index (χ0n) is 12.0. The van der Waals surface area contributed by atoms with Crippen LogP contribution in [0.4, 0.5) is 0 Å². The maximum Gasteiger partial charge on any atom is 0.118 e. The van der Waals surface area contributed by atoms with Crippen LogP contribution in [0.2, 0.25) is 0 Å². The Labute approximate surface area is 125 Å². The molecule has 3 rings (SSSR count). The molecule has 0 fully saturated rings. The van der Waals surface area contributed by atoms with Crippen LogP contribution < -0.4 is 4.74 Å². The van der Waals surface area contributed by atoms with Crippen LogP contribution in [-0.2, 0) is 0 Å². The highest BCUT2D eigenvalue weighted by molar-refractivity contribution is 5.75. The summed E-state index contributed by atoms with van der Waals surface area (Å²) in [7, 11) is 1.68. The molecule has 1 unspecified atom stereocenters. The summed E-state index contributed by atoms with van der Waals surface area (Å²) < 4.78 is 5.19. The maximum atomic E-state index is 9.34. The highest BCUT2D eigenvalue weighted by atomic mass is 16.5. The molecule has 0 radical (unpaired) electrons. The third kappa shape index (κ3) is 3.00. The Kier molecular flexibility index (Phi) is 3.78. The maximum absolute atomic E-state index is 9.34. The largest absolute Gasteiger partial charge is 0.508 e. The van der Waals surface area contributed by atoms with Crippen molar-refractivity contribution in [3.8, 4) is 11.5 Å². The molecule has 2 aromatic rings. The molecule has 0 spiro atoms. The first kappa shape index (κ1) is 13.5. The van der Waals surface area contributed by atoms with Gasteiger partial charge in [0.2, 0.25) is 0 Å². The lowest BCUT2D eigenvalue weighted by Crippen LogP contribution is -1.98. The molecule has 0 amide bonds. The van der Waals surface area contributed by atoms with Crippen molar-refractivity contribution in [1.29, 1.82) is 0 Å². The lowest BCUT2D eigenvalue weighted by molar-refractivity contribution is 0.414. The molecule has 1 aliphatic carbocycles. The quantitative estimate of drug-likeness (QED) is 0.894. The molecule has 21 heavy (non-hydrogen) atoms. The normalized spacial score (nSPS) is 17.4. The Balaban J connectivity index is 1.74. The van der Waals surface area contributed by atoms with E-state index >= 15 is 0 Å².